The van der Waals surface area contributed by atoms with Crippen LogP contribution in [0.4, 0.5) is 11.4 Å². The summed E-state index contributed by atoms with van der Waals surface area (Å²) in [6.07, 6.45) is 0. The molecule has 2 rings (SSSR count). The predicted octanol–water partition coefficient (Wildman–Crippen LogP) is 1.33. The number of carbonyl (C=O) groups is 1. The van der Waals surface area contributed by atoms with E-state index in [0.717, 1.165) is 5.56 Å². The maximum absolute atomic E-state index is 11.0. The summed E-state index contributed by atoms with van der Waals surface area (Å²) in [6, 6.07) is 3.51. The SMILES string of the molecule is Cc1cc(N)cc2c1OCC(=O)N2.Cl. The first-order valence-corrected chi connectivity index (χ1v) is 3.99. The van der Waals surface area contributed by atoms with Crippen molar-refractivity contribution in [2.45, 2.75) is 6.92 Å². The van der Waals surface area contributed by atoms with E-state index < -0.39 is 0 Å². The number of benzene rings is 1. The maximum atomic E-state index is 11.0. The molecular weight excluding hydrogens is 204 g/mol. The third kappa shape index (κ3) is 1.75. The van der Waals surface area contributed by atoms with Crippen molar-refractivity contribution in [1.29, 1.82) is 0 Å². The van der Waals surface area contributed by atoms with Crippen LogP contribution >= 0.6 is 12.4 Å². The first kappa shape index (κ1) is 10.7. The fraction of sp³-hybridized carbons (Fsp3) is 0.222. The van der Waals surface area contributed by atoms with Crippen LogP contribution in [0, 0.1) is 6.92 Å². The fourth-order valence-electron chi connectivity index (χ4n) is 1.41. The topological polar surface area (TPSA) is 64.3 Å². The third-order valence-electron chi connectivity index (χ3n) is 1.92. The van der Waals surface area contributed by atoms with Gasteiger partial charge < -0.3 is 15.8 Å². The lowest BCUT2D eigenvalue weighted by molar-refractivity contribution is -0.118. The lowest BCUT2D eigenvalue weighted by Crippen LogP contribution is -2.25. The van der Waals surface area contributed by atoms with Gasteiger partial charge in [0.2, 0.25) is 0 Å². The van der Waals surface area contributed by atoms with E-state index in [1.807, 2.05) is 13.0 Å². The number of hydrogen-bond donors (Lipinski definition) is 2. The van der Waals surface area contributed by atoms with Gasteiger partial charge in [-0.3, -0.25) is 4.79 Å². The van der Waals surface area contributed by atoms with Crippen LogP contribution in [0.2, 0.25) is 0 Å². The van der Waals surface area contributed by atoms with E-state index in [1.165, 1.54) is 0 Å². The average molecular weight is 215 g/mol. The second-order valence-electron chi connectivity index (χ2n) is 3.05. The number of ether oxygens (including phenoxy) is 1. The summed E-state index contributed by atoms with van der Waals surface area (Å²) in [5.41, 5.74) is 7.85. The van der Waals surface area contributed by atoms with Crippen molar-refractivity contribution in [1.82, 2.24) is 0 Å². The van der Waals surface area contributed by atoms with Crippen molar-refractivity contribution in [3.8, 4) is 5.75 Å². The van der Waals surface area contributed by atoms with Gasteiger partial charge in [-0.2, -0.15) is 0 Å². The van der Waals surface area contributed by atoms with Gasteiger partial charge in [0, 0.05) is 5.69 Å². The van der Waals surface area contributed by atoms with E-state index in [1.54, 1.807) is 6.07 Å². The Bertz CT molecular complexity index is 379. The first-order chi connectivity index (χ1) is 6.16. The smallest absolute Gasteiger partial charge is 0.262 e. The molecule has 0 saturated heterocycles. The number of nitrogens with one attached hydrogen (secondary N) is 1. The Hall–Kier alpha value is -1.42. The highest BCUT2D eigenvalue weighted by molar-refractivity contribution is 5.96. The van der Waals surface area contributed by atoms with Crippen molar-refractivity contribution >= 4 is 29.7 Å². The van der Waals surface area contributed by atoms with Gasteiger partial charge in [0.15, 0.2) is 6.61 Å². The summed E-state index contributed by atoms with van der Waals surface area (Å²) in [7, 11) is 0. The maximum Gasteiger partial charge on any atom is 0.262 e. The number of anilines is 2. The molecule has 5 heteroatoms. The van der Waals surface area contributed by atoms with Gasteiger partial charge >= 0.3 is 0 Å². The number of carbonyl (C=O) groups excluding carboxylic acids is 1. The Morgan fingerprint density at radius 2 is 2.21 bits per heavy atom. The number of rotatable bonds is 0. The van der Waals surface area contributed by atoms with Crippen LogP contribution in [0.3, 0.4) is 0 Å². The molecule has 1 aromatic rings. The zero-order valence-corrected chi connectivity index (χ0v) is 8.48. The molecule has 0 aliphatic carbocycles. The Labute approximate surface area is 87.8 Å². The monoisotopic (exact) mass is 214 g/mol. The van der Waals surface area contributed by atoms with Crippen molar-refractivity contribution in [3.63, 3.8) is 0 Å². The molecule has 76 valence electrons. The lowest BCUT2D eigenvalue weighted by atomic mass is 10.1. The summed E-state index contributed by atoms with van der Waals surface area (Å²) in [4.78, 5) is 11.0. The largest absolute Gasteiger partial charge is 0.481 e. The van der Waals surface area contributed by atoms with E-state index in [2.05, 4.69) is 5.32 Å². The molecule has 0 radical (unpaired) electrons. The van der Waals surface area contributed by atoms with Crippen LogP contribution in [-0.4, -0.2) is 12.5 Å². The highest BCUT2D eigenvalue weighted by atomic mass is 35.5. The van der Waals surface area contributed by atoms with Gasteiger partial charge in [0.25, 0.3) is 5.91 Å². The van der Waals surface area contributed by atoms with Crippen LogP contribution in [-0.2, 0) is 4.79 Å². The first-order valence-electron chi connectivity index (χ1n) is 3.99. The van der Waals surface area contributed by atoms with Crippen molar-refractivity contribution in [2.75, 3.05) is 17.7 Å². The third-order valence-corrected chi connectivity index (χ3v) is 1.92. The van der Waals surface area contributed by atoms with Crippen molar-refractivity contribution < 1.29 is 9.53 Å². The minimum atomic E-state index is -0.141. The van der Waals surface area contributed by atoms with Crippen LogP contribution in [0.25, 0.3) is 0 Å². The number of halogens is 1. The van der Waals surface area contributed by atoms with Gasteiger partial charge in [0.1, 0.15) is 5.75 Å². The molecule has 0 spiro atoms. The lowest BCUT2D eigenvalue weighted by Gasteiger charge is -2.19. The minimum Gasteiger partial charge on any atom is -0.481 e. The van der Waals surface area contributed by atoms with Crippen LogP contribution in [0.1, 0.15) is 5.56 Å². The Morgan fingerprint density at radius 3 is 2.93 bits per heavy atom. The second-order valence-corrected chi connectivity index (χ2v) is 3.05. The van der Waals surface area contributed by atoms with Gasteiger partial charge in [-0.1, -0.05) is 0 Å². The molecule has 0 bridgehead atoms. The molecule has 1 aliphatic heterocycles. The number of fused-ring (bicyclic) bond motifs is 1. The predicted molar refractivity (Wildman–Crippen MR) is 57.0 cm³/mol. The molecule has 1 heterocycles. The quantitative estimate of drug-likeness (QED) is 0.641. The number of hydrogen-bond acceptors (Lipinski definition) is 3. The Kier molecular flexibility index (Phi) is 2.86. The fourth-order valence-corrected chi connectivity index (χ4v) is 1.41. The van der Waals surface area contributed by atoms with Crippen LogP contribution in [0.5, 0.6) is 5.75 Å². The molecule has 1 aliphatic rings. The average Bonchev–Trinajstić information content (AvgIpc) is 2.02. The number of amides is 1. The zero-order chi connectivity index (χ0) is 9.42. The molecule has 1 amide bonds. The van der Waals surface area contributed by atoms with Gasteiger partial charge in [-0.25, -0.2) is 0 Å². The van der Waals surface area contributed by atoms with Crippen molar-refractivity contribution in [2.24, 2.45) is 0 Å². The standard InChI is InChI=1S/C9H10N2O2.ClH/c1-5-2-6(10)3-7-9(5)13-4-8(12)11-7;/h2-3H,4,10H2,1H3,(H,11,12);1H. The second kappa shape index (κ2) is 3.75. The molecule has 0 saturated carbocycles. The van der Waals surface area contributed by atoms with E-state index in [-0.39, 0.29) is 24.9 Å². The van der Waals surface area contributed by atoms with Crippen LogP contribution < -0.4 is 15.8 Å². The molecule has 4 nitrogen and oxygen atoms in total. The van der Waals surface area contributed by atoms with Gasteiger partial charge in [0.05, 0.1) is 5.69 Å². The van der Waals surface area contributed by atoms with Crippen LogP contribution in [0.15, 0.2) is 12.1 Å². The summed E-state index contributed by atoms with van der Waals surface area (Å²) in [6.45, 7) is 1.98. The van der Waals surface area contributed by atoms with Crippen molar-refractivity contribution in [3.05, 3.63) is 17.7 Å². The van der Waals surface area contributed by atoms with E-state index >= 15 is 0 Å². The Morgan fingerprint density at radius 1 is 1.50 bits per heavy atom. The highest BCUT2D eigenvalue weighted by Gasteiger charge is 2.17. The molecular formula is C9H11ClN2O2. The molecule has 0 aromatic heterocycles. The van der Waals surface area contributed by atoms with E-state index in [9.17, 15) is 4.79 Å². The van der Waals surface area contributed by atoms with Gasteiger partial charge in [-0.15, -0.1) is 12.4 Å². The normalized spacial score (nSPS) is 13.4. The number of nitrogen functional groups attached to an aromatic ring is 1. The summed E-state index contributed by atoms with van der Waals surface area (Å²) >= 11 is 0. The number of nitrogens with two attached hydrogens (primary N) is 1. The number of aryl methyl sites for hydroxylation is 1. The molecule has 0 unspecified atom stereocenters. The molecule has 0 atom stereocenters. The Balaban J connectivity index is 0.000000980. The molecule has 1 aromatic carbocycles. The highest BCUT2D eigenvalue weighted by Crippen LogP contribution is 2.33. The summed E-state index contributed by atoms with van der Waals surface area (Å²) < 4.78 is 5.25. The molecule has 14 heavy (non-hydrogen) atoms. The molecule has 3 N–H and O–H groups in total. The summed E-state index contributed by atoms with van der Waals surface area (Å²) in [5.74, 6) is 0.575. The van der Waals surface area contributed by atoms with E-state index in [0.29, 0.717) is 17.1 Å². The summed E-state index contributed by atoms with van der Waals surface area (Å²) in [5, 5.41) is 2.70. The van der Waals surface area contributed by atoms with E-state index in [4.69, 9.17) is 10.5 Å². The zero-order valence-electron chi connectivity index (χ0n) is 7.66. The van der Waals surface area contributed by atoms with Gasteiger partial charge in [-0.05, 0) is 24.6 Å². The molecule has 0 fully saturated rings. The minimum absolute atomic E-state index is 0.